The molecule has 1 aliphatic rings. The second kappa shape index (κ2) is 2.99. The van der Waals surface area contributed by atoms with E-state index < -0.39 is 5.79 Å². The lowest BCUT2D eigenvalue weighted by Crippen LogP contribution is -2.39. The number of rotatable bonds is 0. The lowest BCUT2D eigenvalue weighted by Gasteiger charge is -2.32. The summed E-state index contributed by atoms with van der Waals surface area (Å²) in [5.41, 5.74) is 2.52. The van der Waals surface area contributed by atoms with Crippen LogP contribution < -0.4 is 4.74 Å². The maximum absolute atomic E-state index is 11.7. The molecule has 0 unspecified atom stereocenters. The van der Waals surface area contributed by atoms with Crippen molar-refractivity contribution in [2.75, 3.05) is 0 Å². The second-order valence-electron chi connectivity index (χ2n) is 4.35. The summed E-state index contributed by atoms with van der Waals surface area (Å²) < 4.78 is 10.8. The Labute approximate surface area is 89.0 Å². The van der Waals surface area contributed by atoms with Crippen molar-refractivity contribution < 1.29 is 14.3 Å². The Bertz CT molecular complexity index is 433. The van der Waals surface area contributed by atoms with Gasteiger partial charge in [-0.3, -0.25) is 0 Å². The summed E-state index contributed by atoms with van der Waals surface area (Å²) in [5.74, 6) is -0.558. The Balaban J connectivity index is 2.60. The third kappa shape index (κ3) is 1.69. The van der Waals surface area contributed by atoms with Gasteiger partial charge < -0.3 is 9.47 Å². The van der Waals surface area contributed by atoms with Crippen molar-refractivity contribution in [1.82, 2.24) is 0 Å². The van der Waals surface area contributed by atoms with Gasteiger partial charge in [0.05, 0.1) is 0 Å². The van der Waals surface area contributed by atoms with Crippen molar-refractivity contribution in [2.45, 2.75) is 33.5 Å². The van der Waals surface area contributed by atoms with Crippen LogP contribution in [0.1, 0.15) is 35.3 Å². The molecule has 0 atom stereocenters. The van der Waals surface area contributed by atoms with Gasteiger partial charge in [0, 0.05) is 13.8 Å². The largest absolute Gasteiger partial charge is 0.452 e. The van der Waals surface area contributed by atoms with Gasteiger partial charge in [-0.15, -0.1) is 0 Å². The van der Waals surface area contributed by atoms with Crippen LogP contribution in [-0.2, 0) is 4.74 Å². The van der Waals surface area contributed by atoms with E-state index in [-0.39, 0.29) is 5.97 Å². The average Bonchev–Trinajstić information content (AvgIpc) is 1.97. The minimum Gasteiger partial charge on any atom is -0.452 e. The van der Waals surface area contributed by atoms with Crippen LogP contribution in [0.4, 0.5) is 0 Å². The molecule has 3 nitrogen and oxygen atoms in total. The van der Waals surface area contributed by atoms with Gasteiger partial charge in [-0.1, -0.05) is 6.07 Å². The molecule has 1 aromatic rings. The number of fused-ring (bicyclic) bond motifs is 1. The number of hydrogen-bond donors (Lipinski definition) is 0. The Morgan fingerprint density at radius 3 is 2.47 bits per heavy atom. The molecule has 0 amide bonds. The molecule has 2 rings (SSSR count). The second-order valence-corrected chi connectivity index (χ2v) is 4.35. The van der Waals surface area contributed by atoms with E-state index in [9.17, 15) is 4.79 Å². The minimum atomic E-state index is -0.871. The summed E-state index contributed by atoms with van der Waals surface area (Å²) >= 11 is 0. The zero-order valence-electron chi connectivity index (χ0n) is 9.38. The summed E-state index contributed by atoms with van der Waals surface area (Å²) in [5, 5.41) is 0. The smallest absolute Gasteiger partial charge is 0.345 e. The fraction of sp³-hybridized carbons (Fsp3) is 0.417. The molecule has 0 radical (unpaired) electrons. The van der Waals surface area contributed by atoms with Crippen molar-refractivity contribution in [3.63, 3.8) is 0 Å². The predicted molar refractivity (Wildman–Crippen MR) is 56.0 cm³/mol. The van der Waals surface area contributed by atoms with E-state index in [1.165, 1.54) is 0 Å². The molecule has 0 fully saturated rings. The summed E-state index contributed by atoms with van der Waals surface area (Å²) in [6.07, 6.45) is 0. The zero-order valence-corrected chi connectivity index (χ0v) is 9.38. The summed E-state index contributed by atoms with van der Waals surface area (Å²) in [4.78, 5) is 11.7. The van der Waals surface area contributed by atoms with Gasteiger partial charge in [0.2, 0.25) is 5.79 Å². The Kier molecular flexibility index (Phi) is 2.00. The molecule has 0 aromatic heterocycles. The quantitative estimate of drug-likeness (QED) is 0.612. The van der Waals surface area contributed by atoms with Crippen LogP contribution in [0.5, 0.6) is 5.75 Å². The molecule has 0 aliphatic carbocycles. The number of esters is 1. The summed E-state index contributed by atoms with van der Waals surface area (Å²) in [6.45, 7) is 7.31. The Morgan fingerprint density at radius 1 is 1.13 bits per heavy atom. The van der Waals surface area contributed by atoms with Gasteiger partial charge >= 0.3 is 5.97 Å². The third-order valence-electron chi connectivity index (χ3n) is 2.34. The molecular formula is C12H14O3. The topological polar surface area (TPSA) is 35.5 Å². The van der Waals surface area contributed by atoms with E-state index in [1.807, 2.05) is 26.0 Å². The fourth-order valence-corrected chi connectivity index (χ4v) is 1.83. The van der Waals surface area contributed by atoms with E-state index in [1.54, 1.807) is 13.8 Å². The molecule has 0 saturated carbocycles. The minimum absolute atomic E-state index is 0.307. The molecule has 3 heteroatoms. The van der Waals surface area contributed by atoms with E-state index in [0.717, 1.165) is 11.1 Å². The highest BCUT2D eigenvalue weighted by atomic mass is 16.7. The number of cyclic esters (lactones) is 1. The Morgan fingerprint density at radius 2 is 1.80 bits per heavy atom. The molecule has 80 valence electrons. The van der Waals surface area contributed by atoms with Crippen LogP contribution in [0.2, 0.25) is 0 Å². The maximum Gasteiger partial charge on any atom is 0.345 e. The van der Waals surface area contributed by atoms with E-state index >= 15 is 0 Å². The number of hydrogen-bond acceptors (Lipinski definition) is 3. The van der Waals surface area contributed by atoms with E-state index in [0.29, 0.717) is 11.3 Å². The molecule has 0 saturated heterocycles. The van der Waals surface area contributed by atoms with Crippen molar-refractivity contribution >= 4 is 5.97 Å². The van der Waals surface area contributed by atoms with Gasteiger partial charge in [-0.05, 0) is 31.0 Å². The molecule has 0 bridgehead atoms. The lowest BCUT2D eigenvalue weighted by atomic mass is 10.0. The first kappa shape index (κ1) is 10.0. The molecule has 1 aromatic carbocycles. The Hall–Kier alpha value is -1.51. The zero-order chi connectivity index (χ0) is 11.2. The monoisotopic (exact) mass is 206 g/mol. The molecule has 15 heavy (non-hydrogen) atoms. The van der Waals surface area contributed by atoms with Crippen LogP contribution >= 0.6 is 0 Å². The summed E-state index contributed by atoms with van der Waals surface area (Å²) in [7, 11) is 0. The van der Waals surface area contributed by atoms with Crippen molar-refractivity contribution in [3.8, 4) is 5.75 Å². The number of ether oxygens (including phenoxy) is 2. The molecule has 0 N–H and O–H groups in total. The van der Waals surface area contributed by atoms with Gasteiger partial charge in [0.25, 0.3) is 0 Å². The standard InChI is InChI=1S/C12H14O3/c1-7-5-8(2)10-9(6-7)14-12(3,4)15-11(10)13/h5-6H,1-4H3. The van der Waals surface area contributed by atoms with Gasteiger partial charge in [0.15, 0.2) is 0 Å². The molecule has 1 heterocycles. The maximum atomic E-state index is 11.7. The van der Waals surface area contributed by atoms with Crippen LogP contribution in [0, 0.1) is 13.8 Å². The predicted octanol–water partition coefficient (Wildman–Crippen LogP) is 2.59. The molecule has 0 spiro atoms. The SMILES string of the molecule is Cc1cc(C)c2c(c1)OC(C)(C)OC2=O. The van der Waals surface area contributed by atoms with Gasteiger partial charge in [-0.25, -0.2) is 4.79 Å². The van der Waals surface area contributed by atoms with Crippen molar-refractivity contribution in [2.24, 2.45) is 0 Å². The van der Waals surface area contributed by atoms with Crippen molar-refractivity contribution in [1.29, 1.82) is 0 Å². The van der Waals surface area contributed by atoms with Crippen LogP contribution in [0.15, 0.2) is 12.1 Å². The first-order chi connectivity index (χ1) is 6.89. The summed E-state index contributed by atoms with van der Waals surface area (Å²) in [6, 6.07) is 3.81. The highest BCUT2D eigenvalue weighted by Crippen LogP contribution is 2.33. The van der Waals surface area contributed by atoms with Crippen LogP contribution in [0.3, 0.4) is 0 Å². The van der Waals surface area contributed by atoms with E-state index in [2.05, 4.69) is 0 Å². The average molecular weight is 206 g/mol. The lowest BCUT2D eigenvalue weighted by molar-refractivity contribution is -0.127. The highest BCUT2D eigenvalue weighted by Gasteiger charge is 2.34. The number of aryl methyl sites for hydroxylation is 2. The number of benzene rings is 1. The third-order valence-corrected chi connectivity index (χ3v) is 2.34. The fourth-order valence-electron chi connectivity index (χ4n) is 1.83. The van der Waals surface area contributed by atoms with Gasteiger partial charge in [0.1, 0.15) is 11.3 Å². The normalized spacial score (nSPS) is 17.7. The first-order valence-electron chi connectivity index (χ1n) is 4.93. The van der Waals surface area contributed by atoms with Crippen LogP contribution in [-0.4, -0.2) is 11.8 Å². The first-order valence-corrected chi connectivity index (χ1v) is 4.93. The van der Waals surface area contributed by atoms with Crippen LogP contribution in [0.25, 0.3) is 0 Å². The van der Waals surface area contributed by atoms with E-state index in [4.69, 9.17) is 9.47 Å². The number of carbonyl (C=O) groups excluding carboxylic acids is 1. The number of carbonyl (C=O) groups is 1. The highest BCUT2D eigenvalue weighted by molar-refractivity contribution is 5.95. The van der Waals surface area contributed by atoms with Gasteiger partial charge in [-0.2, -0.15) is 0 Å². The molecular weight excluding hydrogens is 192 g/mol. The van der Waals surface area contributed by atoms with Crippen molar-refractivity contribution in [3.05, 3.63) is 28.8 Å². The molecule has 1 aliphatic heterocycles.